The maximum atomic E-state index is 7.59. The van der Waals surface area contributed by atoms with Crippen LogP contribution in [-0.2, 0) is 0 Å². The summed E-state index contributed by atoms with van der Waals surface area (Å²) >= 11 is 9.42. The van der Waals surface area contributed by atoms with Crippen molar-refractivity contribution in [1.82, 2.24) is 0 Å². The summed E-state index contributed by atoms with van der Waals surface area (Å²) in [6.45, 7) is 0. The fourth-order valence-corrected chi connectivity index (χ4v) is 0. The summed E-state index contributed by atoms with van der Waals surface area (Å²) in [6, 6.07) is 0. The van der Waals surface area contributed by atoms with Crippen LogP contribution in [0.3, 0.4) is 0 Å². The van der Waals surface area contributed by atoms with E-state index < -0.39 is 4.76 Å². The molecule has 0 aliphatic carbocycles. The van der Waals surface area contributed by atoms with Crippen molar-refractivity contribution >= 4 is 102 Å². The molecule has 7 heavy (non-hydrogen) atoms. The van der Waals surface area contributed by atoms with Crippen molar-refractivity contribution in [3.05, 3.63) is 0 Å². The van der Waals surface area contributed by atoms with Crippen LogP contribution < -0.4 is 0 Å². The standard InChI is InChI=1S/H3I4P3/c1-7(2,3,4)6-5/h6H,5H2/i5D,6T. The molecule has 0 heterocycles. The van der Waals surface area contributed by atoms with Crippen molar-refractivity contribution in [3.63, 3.8) is 0 Å². The maximum absolute atomic E-state index is 7.59. The fraction of sp³-hybridized carbons (Fsp3) is 0. The molecule has 0 aromatic carbocycles. The Hall–Kier alpha value is 4.21. The van der Waals surface area contributed by atoms with Gasteiger partial charge in [-0.05, 0) is 0 Å². The van der Waals surface area contributed by atoms with Crippen molar-refractivity contribution in [1.29, 1.82) is 2.56 Å². The van der Waals surface area contributed by atoms with E-state index in [4.69, 9.17) is 2.56 Å². The van der Waals surface area contributed by atoms with Gasteiger partial charge >= 0.3 is 104 Å². The van der Waals surface area contributed by atoms with Crippen LogP contribution >= 0.6 is 102 Å². The van der Waals surface area contributed by atoms with Crippen LogP contribution in [0.4, 0.5) is 0 Å². The fourth-order valence-electron chi connectivity index (χ4n) is 0. The molecule has 2 atom stereocenters. The van der Waals surface area contributed by atoms with Crippen LogP contribution in [0.2, 0.25) is 0 Å². The quantitative estimate of drug-likeness (QED) is 0.295. The number of hydrogen-bond acceptors (Lipinski definition) is 0. The second kappa shape index (κ2) is 3.74. The summed E-state index contributed by atoms with van der Waals surface area (Å²) in [4.78, 5) is 0. The Morgan fingerprint density at radius 1 is 1.71 bits per heavy atom. The van der Waals surface area contributed by atoms with Crippen LogP contribution in [0.15, 0.2) is 0 Å². The van der Waals surface area contributed by atoms with E-state index in [-0.39, 0.29) is 8.87 Å². The van der Waals surface area contributed by atoms with Gasteiger partial charge in [0.25, 0.3) is 0 Å². The molecule has 0 bridgehead atoms. The summed E-state index contributed by atoms with van der Waals surface area (Å²) in [5, 5.41) is 0. The van der Waals surface area contributed by atoms with E-state index in [0.29, 0.717) is 0 Å². The summed E-state index contributed by atoms with van der Waals surface area (Å²) in [7, 11) is -0.716. The van der Waals surface area contributed by atoms with Gasteiger partial charge in [0, 0.05) is 0 Å². The van der Waals surface area contributed by atoms with Gasteiger partial charge in [0.15, 0.2) is 0 Å². The Morgan fingerprint density at radius 2 is 2.14 bits per heavy atom. The average Bonchev–Trinajstić information content (AvgIpc) is 1.60. The molecule has 0 nitrogen and oxygen atoms in total. The van der Waals surface area contributed by atoms with E-state index in [1.807, 2.05) is 0 Å². The first-order chi connectivity index (χ1) is 3.74. The van der Waals surface area contributed by atoms with Crippen molar-refractivity contribution in [2.75, 3.05) is 0 Å². The molecule has 0 radical (unpaired) electrons. The molecule has 0 aliphatic heterocycles. The Bertz CT molecular complexity index is 96.9. The van der Waals surface area contributed by atoms with Crippen LogP contribution in [0, 0.1) is 0 Å². The SMILES string of the molecule is [2H]PP([3H])P(I)(I)(I)I. The predicted octanol–water partition coefficient (Wildman–Crippen LogP) is 5.32. The zero-order valence-electron chi connectivity index (χ0n) is 4.91. The minimum atomic E-state index is -1.78. The third kappa shape index (κ3) is 10.2. The first-order valence-electron chi connectivity index (χ1n) is 2.05. The summed E-state index contributed by atoms with van der Waals surface area (Å²) in [6.07, 6.45) is 0. The number of halogens is 4. The molecule has 0 rings (SSSR count). The van der Waals surface area contributed by atoms with Gasteiger partial charge in [-0.25, -0.2) is 0 Å². The molecule has 7 heteroatoms. The monoisotopic (exact) mass is 607 g/mol. The first-order valence-corrected chi connectivity index (χ1v) is 17.4. The summed E-state index contributed by atoms with van der Waals surface area (Å²) in [5.41, 5.74) is 0. The predicted molar refractivity (Wildman–Crippen MR) is 81.0 cm³/mol. The van der Waals surface area contributed by atoms with Gasteiger partial charge in [-0.2, -0.15) is 0 Å². The van der Waals surface area contributed by atoms with Gasteiger partial charge in [0.1, 0.15) is 0 Å². The minimum absolute atomic E-state index is 0.0635. The molecule has 0 aromatic rings. The number of rotatable bonds is 2. The Morgan fingerprint density at radius 3 is 2.14 bits per heavy atom. The van der Waals surface area contributed by atoms with Crippen molar-refractivity contribution in [2.24, 2.45) is 0 Å². The summed E-state index contributed by atoms with van der Waals surface area (Å²) in [5.74, 6) is 0. The van der Waals surface area contributed by atoms with Crippen molar-refractivity contribution in [3.8, 4) is 0 Å². The van der Waals surface area contributed by atoms with E-state index in [1.54, 1.807) is 0 Å². The molecule has 0 fully saturated rings. The van der Waals surface area contributed by atoms with Crippen LogP contribution in [0.25, 0.3) is 0 Å². The second-order valence-electron chi connectivity index (χ2n) is 0.786. The van der Waals surface area contributed by atoms with Crippen LogP contribution in [-0.4, -0.2) is 2.56 Å². The number of hydrogen-bond donors (Lipinski definition) is 0. The molecular formula is H3I4P3. The normalized spacial score (nSPS) is 28.3. The molecule has 0 saturated heterocycles. The molecule has 0 N–H and O–H groups in total. The third-order valence-corrected chi connectivity index (χ3v) is 27.4. The van der Waals surface area contributed by atoms with Gasteiger partial charge in [-0.1, -0.05) is 0 Å². The van der Waals surface area contributed by atoms with Gasteiger partial charge in [-0.15, -0.1) is 0 Å². The molecule has 0 saturated carbocycles. The van der Waals surface area contributed by atoms with E-state index in [9.17, 15) is 0 Å². The molecule has 46 valence electrons. The molecule has 0 aromatic heterocycles. The molecule has 0 aliphatic rings. The first kappa shape index (κ1) is 7.84. The topological polar surface area (TPSA) is 0 Å². The molecule has 0 amide bonds. The zero-order chi connectivity index (χ0) is 7.73. The Labute approximate surface area is 102 Å². The summed E-state index contributed by atoms with van der Waals surface area (Å²) < 4.78 is 12.9. The van der Waals surface area contributed by atoms with Gasteiger partial charge in [-0.3, -0.25) is 0 Å². The van der Waals surface area contributed by atoms with Gasteiger partial charge < -0.3 is 0 Å². The van der Waals surface area contributed by atoms with Crippen LogP contribution in [0.5, 0.6) is 0 Å². The van der Waals surface area contributed by atoms with E-state index in [1.165, 1.54) is 0 Å². The Kier molecular flexibility index (Phi) is 4.19. The Balaban J connectivity index is 4.16. The second-order valence-corrected chi connectivity index (χ2v) is 72.7. The van der Waals surface area contributed by atoms with Gasteiger partial charge in [0.2, 0.25) is 0 Å². The van der Waals surface area contributed by atoms with Crippen molar-refractivity contribution in [2.45, 2.75) is 0 Å². The van der Waals surface area contributed by atoms with Crippen LogP contribution in [0.1, 0.15) is 0 Å². The van der Waals surface area contributed by atoms with Crippen molar-refractivity contribution < 1.29 is 0 Å². The van der Waals surface area contributed by atoms with E-state index >= 15 is 0 Å². The average molecular weight is 607 g/mol. The molecule has 2 unspecified atom stereocenters. The zero-order valence-corrected chi connectivity index (χ0v) is 14.3. The molecular weight excluding hydrogens is 601 g/mol. The third-order valence-electron chi connectivity index (χ3n) is 0.151. The van der Waals surface area contributed by atoms with E-state index in [2.05, 4.69) is 88.2 Å². The molecule has 0 spiro atoms. The van der Waals surface area contributed by atoms with E-state index in [0.717, 1.165) is 0 Å². The van der Waals surface area contributed by atoms with Gasteiger partial charge in [0.05, 0.1) is 0 Å².